The first-order valence-corrected chi connectivity index (χ1v) is 8.97. The van der Waals surface area contributed by atoms with Crippen molar-refractivity contribution in [2.75, 3.05) is 25.3 Å². The van der Waals surface area contributed by atoms with E-state index in [4.69, 9.17) is 14.6 Å². The Balaban J connectivity index is 1.90. The van der Waals surface area contributed by atoms with Crippen molar-refractivity contribution in [3.05, 3.63) is 41.5 Å². The molecule has 0 radical (unpaired) electrons. The summed E-state index contributed by atoms with van der Waals surface area (Å²) < 4.78 is 5.23. The average Bonchev–Trinajstić information content (AvgIpc) is 3.07. The lowest BCUT2D eigenvalue weighted by molar-refractivity contribution is 0.0764. The molecule has 5 nitrogen and oxygen atoms in total. The van der Waals surface area contributed by atoms with Gasteiger partial charge in [0.15, 0.2) is 11.6 Å². The minimum Gasteiger partial charge on any atom is -0.377 e. The highest BCUT2D eigenvalue weighted by Gasteiger charge is 2.22. The fourth-order valence-electron chi connectivity index (χ4n) is 2.93. The second kappa shape index (κ2) is 6.84. The molecule has 24 heavy (non-hydrogen) atoms. The number of hydroxylamine groups is 1. The summed E-state index contributed by atoms with van der Waals surface area (Å²) in [6.45, 7) is 1.98. The summed E-state index contributed by atoms with van der Waals surface area (Å²) in [4.78, 5) is 16.3. The molecule has 1 aliphatic heterocycles. The lowest BCUT2D eigenvalue weighted by Gasteiger charge is -2.27. The molecule has 4 rings (SSSR count). The van der Waals surface area contributed by atoms with Crippen LogP contribution >= 0.6 is 11.3 Å². The van der Waals surface area contributed by atoms with Crippen LogP contribution in [-0.4, -0.2) is 30.2 Å². The molecule has 6 heteroatoms. The fourth-order valence-corrected chi connectivity index (χ4v) is 3.90. The predicted molar refractivity (Wildman–Crippen MR) is 96.1 cm³/mol. The first kappa shape index (κ1) is 15.5. The average molecular weight is 341 g/mol. The summed E-state index contributed by atoms with van der Waals surface area (Å²) in [5, 5.41) is 5.14. The number of thiophene rings is 1. The van der Waals surface area contributed by atoms with Gasteiger partial charge in [-0.05, 0) is 18.4 Å². The Kier molecular flexibility index (Phi) is 4.42. The van der Waals surface area contributed by atoms with Crippen molar-refractivity contribution in [1.29, 1.82) is 0 Å². The Morgan fingerprint density at radius 1 is 1.21 bits per heavy atom. The van der Waals surface area contributed by atoms with Gasteiger partial charge in [0.2, 0.25) is 0 Å². The minimum absolute atomic E-state index is 0.398. The number of benzene rings is 1. The molecule has 0 saturated carbocycles. The van der Waals surface area contributed by atoms with Gasteiger partial charge in [0, 0.05) is 24.6 Å². The van der Waals surface area contributed by atoms with Gasteiger partial charge >= 0.3 is 0 Å². The molecule has 0 spiro atoms. The van der Waals surface area contributed by atoms with E-state index in [0.29, 0.717) is 12.4 Å². The fraction of sp³-hybridized carbons (Fsp3) is 0.333. The van der Waals surface area contributed by atoms with Crippen LogP contribution in [0.2, 0.25) is 0 Å². The molecular formula is C18H19N3O2S. The topological polar surface area (TPSA) is 47.5 Å². The SMILES string of the molecule is COCc1nc(N2CCCCO2)c2c(-c3ccccc3)csc2n1. The second-order valence-electron chi connectivity index (χ2n) is 5.73. The second-order valence-corrected chi connectivity index (χ2v) is 6.59. The maximum atomic E-state index is 5.87. The van der Waals surface area contributed by atoms with Gasteiger partial charge in [-0.1, -0.05) is 30.3 Å². The molecule has 0 amide bonds. The monoisotopic (exact) mass is 341 g/mol. The van der Waals surface area contributed by atoms with E-state index in [9.17, 15) is 0 Å². The van der Waals surface area contributed by atoms with Crippen LogP contribution in [0.15, 0.2) is 35.7 Å². The highest BCUT2D eigenvalue weighted by Crippen LogP contribution is 2.38. The third-order valence-corrected chi connectivity index (χ3v) is 4.93. The van der Waals surface area contributed by atoms with Gasteiger partial charge in [-0.3, -0.25) is 4.84 Å². The summed E-state index contributed by atoms with van der Waals surface area (Å²) >= 11 is 1.64. The van der Waals surface area contributed by atoms with Crippen molar-refractivity contribution < 1.29 is 9.57 Å². The maximum Gasteiger partial charge on any atom is 0.165 e. The summed E-state index contributed by atoms with van der Waals surface area (Å²) in [6, 6.07) is 10.4. The molecule has 124 valence electrons. The van der Waals surface area contributed by atoms with Gasteiger partial charge in [0.05, 0.1) is 12.0 Å². The van der Waals surface area contributed by atoms with Crippen LogP contribution < -0.4 is 5.06 Å². The van der Waals surface area contributed by atoms with E-state index in [0.717, 1.165) is 47.6 Å². The molecule has 1 aromatic carbocycles. The van der Waals surface area contributed by atoms with E-state index in [1.807, 2.05) is 11.1 Å². The smallest absolute Gasteiger partial charge is 0.165 e. The Morgan fingerprint density at radius 2 is 2.08 bits per heavy atom. The van der Waals surface area contributed by atoms with Gasteiger partial charge in [-0.25, -0.2) is 15.0 Å². The van der Waals surface area contributed by atoms with Crippen molar-refractivity contribution in [2.45, 2.75) is 19.4 Å². The first-order chi connectivity index (χ1) is 11.9. The van der Waals surface area contributed by atoms with Crippen LogP contribution in [0.25, 0.3) is 21.3 Å². The van der Waals surface area contributed by atoms with Gasteiger partial charge in [-0.2, -0.15) is 0 Å². The lowest BCUT2D eigenvalue weighted by atomic mass is 10.1. The zero-order valence-corrected chi connectivity index (χ0v) is 14.4. The summed E-state index contributed by atoms with van der Waals surface area (Å²) in [6.07, 6.45) is 2.20. The number of nitrogens with zero attached hydrogens (tertiary/aromatic N) is 3. The zero-order chi connectivity index (χ0) is 16.4. The summed E-state index contributed by atoms with van der Waals surface area (Å²) in [5.74, 6) is 1.54. The molecule has 1 aliphatic rings. The van der Waals surface area contributed by atoms with Gasteiger partial charge in [0.1, 0.15) is 11.4 Å². The van der Waals surface area contributed by atoms with E-state index in [2.05, 4.69) is 34.6 Å². The van der Waals surface area contributed by atoms with Gasteiger partial charge in [0.25, 0.3) is 0 Å². The molecule has 0 bridgehead atoms. The quantitative estimate of drug-likeness (QED) is 0.717. The van der Waals surface area contributed by atoms with Crippen LogP contribution in [-0.2, 0) is 16.2 Å². The number of ether oxygens (including phenoxy) is 1. The molecule has 0 N–H and O–H groups in total. The molecule has 3 heterocycles. The molecule has 1 fully saturated rings. The number of methoxy groups -OCH3 is 1. The van der Waals surface area contributed by atoms with Crippen LogP contribution in [0, 0.1) is 0 Å². The summed E-state index contributed by atoms with van der Waals surface area (Å²) in [5.41, 5.74) is 2.33. The van der Waals surface area contributed by atoms with E-state index in [1.54, 1.807) is 18.4 Å². The Labute approximate surface area is 144 Å². The molecule has 1 saturated heterocycles. The van der Waals surface area contributed by atoms with Crippen molar-refractivity contribution in [2.24, 2.45) is 0 Å². The van der Waals surface area contributed by atoms with E-state index >= 15 is 0 Å². The maximum absolute atomic E-state index is 5.87. The van der Waals surface area contributed by atoms with Crippen LogP contribution in [0.4, 0.5) is 5.82 Å². The molecule has 3 aromatic rings. The number of rotatable bonds is 4. The highest BCUT2D eigenvalue weighted by molar-refractivity contribution is 7.17. The first-order valence-electron chi connectivity index (χ1n) is 8.10. The van der Waals surface area contributed by atoms with Gasteiger partial charge in [-0.15, -0.1) is 11.3 Å². The molecule has 0 atom stereocenters. The van der Waals surface area contributed by atoms with Crippen molar-refractivity contribution in [3.63, 3.8) is 0 Å². The minimum atomic E-state index is 0.398. The van der Waals surface area contributed by atoms with Crippen LogP contribution in [0.5, 0.6) is 0 Å². The lowest BCUT2D eigenvalue weighted by Crippen LogP contribution is -2.31. The molecule has 0 aliphatic carbocycles. The largest absolute Gasteiger partial charge is 0.377 e. The summed E-state index contributed by atoms with van der Waals surface area (Å²) in [7, 11) is 1.66. The number of fused-ring (bicyclic) bond motifs is 1. The predicted octanol–water partition coefficient (Wildman–Crippen LogP) is 4.04. The van der Waals surface area contributed by atoms with Crippen LogP contribution in [0.1, 0.15) is 18.7 Å². The number of hydrogen-bond donors (Lipinski definition) is 0. The molecule has 0 unspecified atom stereocenters. The van der Waals surface area contributed by atoms with Crippen LogP contribution in [0.3, 0.4) is 0 Å². The zero-order valence-electron chi connectivity index (χ0n) is 13.6. The third kappa shape index (κ3) is 2.88. The van der Waals surface area contributed by atoms with E-state index in [1.165, 1.54) is 5.56 Å². The number of hydrogen-bond acceptors (Lipinski definition) is 6. The van der Waals surface area contributed by atoms with Crippen molar-refractivity contribution >= 4 is 27.4 Å². The van der Waals surface area contributed by atoms with Crippen molar-refractivity contribution in [1.82, 2.24) is 9.97 Å². The Morgan fingerprint density at radius 3 is 2.83 bits per heavy atom. The van der Waals surface area contributed by atoms with Crippen molar-refractivity contribution in [3.8, 4) is 11.1 Å². The van der Waals surface area contributed by atoms with Gasteiger partial charge < -0.3 is 4.74 Å². The van der Waals surface area contributed by atoms with E-state index in [-0.39, 0.29) is 0 Å². The standard InChI is InChI=1S/C18H19N3O2S/c1-22-11-15-19-17(21-9-5-6-10-23-21)16-14(12-24-18(16)20-15)13-7-3-2-4-8-13/h2-4,7-8,12H,5-6,9-11H2,1H3. The third-order valence-electron chi connectivity index (χ3n) is 4.06. The highest BCUT2D eigenvalue weighted by atomic mass is 32.1. The number of aromatic nitrogens is 2. The number of anilines is 1. The Bertz CT molecular complexity index is 829. The van der Waals surface area contributed by atoms with E-state index < -0.39 is 0 Å². The normalized spacial score (nSPS) is 15.1. The molecule has 2 aromatic heterocycles. The Hall–Kier alpha value is -2.02. The molecular weight excluding hydrogens is 322 g/mol.